The summed E-state index contributed by atoms with van der Waals surface area (Å²) in [6.07, 6.45) is 2.19. The lowest BCUT2D eigenvalue weighted by Gasteiger charge is -2.35. The molecule has 1 unspecified atom stereocenters. The third-order valence-corrected chi connectivity index (χ3v) is 4.97. The summed E-state index contributed by atoms with van der Waals surface area (Å²) in [4.78, 5) is 28.8. The number of halogens is 1. The number of piperidine rings is 1. The molecule has 1 saturated heterocycles. The lowest BCUT2D eigenvalue weighted by molar-refractivity contribution is 0.0926. The van der Waals surface area contributed by atoms with Gasteiger partial charge in [-0.25, -0.2) is 9.29 Å². The van der Waals surface area contributed by atoms with E-state index in [1.54, 1.807) is 30.3 Å². The maximum absolute atomic E-state index is 14.0. The molecule has 1 fully saturated rings. The maximum atomic E-state index is 14.0. The molecule has 2 amide bonds. The average molecular weight is 338 g/mol. The molecule has 128 valence electrons. The third-order valence-electron chi connectivity index (χ3n) is 4.97. The molecule has 0 radical (unpaired) electrons. The second-order valence-corrected chi connectivity index (χ2v) is 6.82. The molecule has 2 aliphatic heterocycles. The summed E-state index contributed by atoms with van der Waals surface area (Å²) in [7, 11) is 0. The molecule has 2 heterocycles. The lowest BCUT2D eigenvalue weighted by Crippen LogP contribution is -2.37. The van der Waals surface area contributed by atoms with E-state index in [1.807, 2.05) is 0 Å². The third kappa shape index (κ3) is 2.60. The molecule has 0 aromatic heterocycles. The van der Waals surface area contributed by atoms with Gasteiger partial charge in [-0.1, -0.05) is 19.1 Å². The van der Waals surface area contributed by atoms with Gasteiger partial charge in [-0.15, -0.1) is 0 Å². The molecule has 0 bridgehead atoms. The van der Waals surface area contributed by atoms with Crippen LogP contribution in [0.15, 0.2) is 42.5 Å². The van der Waals surface area contributed by atoms with E-state index in [2.05, 4.69) is 11.8 Å². The number of anilines is 2. The van der Waals surface area contributed by atoms with E-state index in [-0.39, 0.29) is 0 Å². The molecule has 0 saturated carbocycles. The first-order valence-corrected chi connectivity index (χ1v) is 8.58. The van der Waals surface area contributed by atoms with Crippen LogP contribution in [0.1, 0.15) is 40.5 Å². The highest BCUT2D eigenvalue weighted by Gasteiger charge is 2.38. The smallest absolute Gasteiger partial charge is 0.266 e. The fraction of sp³-hybridized carbons (Fsp3) is 0.300. The number of fused-ring (bicyclic) bond motifs is 1. The molecular formula is C20H19FN2O2. The summed E-state index contributed by atoms with van der Waals surface area (Å²) in [6, 6.07) is 11.1. The molecule has 4 rings (SSSR count). The molecule has 2 aliphatic rings. The van der Waals surface area contributed by atoms with Gasteiger partial charge >= 0.3 is 0 Å². The Labute approximate surface area is 145 Å². The van der Waals surface area contributed by atoms with Crippen molar-refractivity contribution in [3.63, 3.8) is 0 Å². The van der Waals surface area contributed by atoms with Crippen molar-refractivity contribution in [1.82, 2.24) is 0 Å². The molecule has 0 aliphatic carbocycles. The summed E-state index contributed by atoms with van der Waals surface area (Å²) in [5, 5.41) is 0. The van der Waals surface area contributed by atoms with Crippen molar-refractivity contribution in [3.05, 3.63) is 59.4 Å². The predicted octanol–water partition coefficient (Wildman–Crippen LogP) is 3.86. The fourth-order valence-corrected chi connectivity index (χ4v) is 3.76. The van der Waals surface area contributed by atoms with E-state index in [9.17, 15) is 14.0 Å². The van der Waals surface area contributed by atoms with Gasteiger partial charge in [-0.2, -0.15) is 0 Å². The van der Waals surface area contributed by atoms with E-state index in [4.69, 9.17) is 0 Å². The second kappa shape index (κ2) is 5.99. The van der Waals surface area contributed by atoms with Gasteiger partial charge in [0.1, 0.15) is 5.82 Å². The van der Waals surface area contributed by atoms with E-state index >= 15 is 0 Å². The Balaban J connectivity index is 1.80. The average Bonchev–Trinajstić information content (AvgIpc) is 2.86. The van der Waals surface area contributed by atoms with Crippen LogP contribution in [0, 0.1) is 11.7 Å². The van der Waals surface area contributed by atoms with Crippen molar-refractivity contribution in [2.45, 2.75) is 19.8 Å². The Morgan fingerprint density at radius 2 is 1.68 bits per heavy atom. The largest absolute Gasteiger partial charge is 0.370 e. The zero-order valence-corrected chi connectivity index (χ0v) is 14.0. The quantitative estimate of drug-likeness (QED) is 0.781. The second-order valence-electron chi connectivity index (χ2n) is 6.82. The van der Waals surface area contributed by atoms with E-state index < -0.39 is 17.6 Å². The first kappa shape index (κ1) is 15.8. The minimum Gasteiger partial charge on any atom is -0.370 e. The molecule has 0 N–H and O–H groups in total. The predicted molar refractivity (Wildman–Crippen MR) is 94.6 cm³/mol. The fourth-order valence-electron chi connectivity index (χ4n) is 3.76. The number of hydrogen-bond donors (Lipinski definition) is 0. The van der Waals surface area contributed by atoms with E-state index in [0.29, 0.717) is 22.7 Å². The summed E-state index contributed by atoms with van der Waals surface area (Å²) >= 11 is 0. The minimum absolute atomic E-state index is 0.334. The van der Waals surface area contributed by atoms with Gasteiger partial charge in [0, 0.05) is 19.2 Å². The van der Waals surface area contributed by atoms with Gasteiger partial charge in [0.15, 0.2) is 0 Å². The van der Waals surface area contributed by atoms with Crippen molar-refractivity contribution in [2.24, 2.45) is 5.92 Å². The van der Waals surface area contributed by atoms with E-state index in [1.165, 1.54) is 12.1 Å². The van der Waals surface area contributed by atoms with Crippen LogP contribution in [0.25, 0.3) is 0 Å². The van der Waals surface area contributed by atoms with Gasteiger partial charge in [0.2, 0.25) is 0 Å². The van der Waals surface area contributed by atoms with Crippen LogP contribution in [-0.4, -0.2) is 24.9 Å². The number of carbonyl (C=O) groups is 2. The first-order chi connectivity index (χ1) is 12.1. The summed E-state index contributed by atoms with van der Waals surface area (Å²) in [5.74, 6) is -0.718. The van der Waals surface area contributed by atoms with Crippen LogP contribution in [0.4, 0.5) is 15.8 Å². The van der Waals surface area contributed by atoms with Gasteiger partial charge in [0.05, 0.1) is 22.5 Å². The number of nitrogens with zero attached hydrogens (tertiary/aromatic N) is 2. The first-order valence-electron chi connectivity index (χ1n) is 8.58. The van der Waals surface area contributed by atoms with E-state index in [0.717, 1.165) is 36.5 Å². The standard InChI is InChI=1S/C20H19FN2O2/c1-13-5-4-10-22(12-13)17-9-8-14(21)11-18(17)23-19(24)15-6-2-3-7-16(15)20(23)25/h2-3,6-9,11,13H,4-5,10,12H2,1H3. The highest BCUT2D eigenvalue weighted by molar-refractivity contribution is 6.35. The Hall–Kier alpha value is -2.69. The van der Waals surface area contributed by atoms with Crippen molar-refractivity contribution in [3.8, 4) is 0 Å². The minimum atomic E-state index is -0.458. The number of rotatable bonds is 2. The molecular weight excluding hydrogens is 319 g/mol. The Bertz CT molecular complexity index is 830. The zero-order chi connectivity index (χ0) is 17.6. The van der Waals surface area contributed by atoms with Crippen molar-refractivity contribution >= 4 is 23.2 Å². The highest BCUT2D eigenvalue weighted by Crippen LogP contribution is 2.37. The maximum Gasteiger partial charge on any atom is 0.266 e. The van der Waals surface area contributed by atoms with Crippen molar-refractivity contribution < 1.29 is 14.0 Å². The van der Waals surface area contributed by atoms with Gasteiger partial charge in [0.25, 0.3) is 11.8 Å². The molecule has 25 heavy (non-hydrogen) atoms. The molecule has 4 nitrogen and oxygen atoms in total. The number of hydrogen-bond acceptors (Lipinski definition) is 3. The molecule has 0 spiro atoms. The summed E-state index contributed by atoms with van der Waals surface area (Å²) in [6.45, 7) is 3.85. The monoisotopic (exact) mass is 338 g/mol. The molecule has 2 aromatic rings. The van der Waals surface area contributed by atoms with Crippen LogP contribution in [0.5, 0.6) is 0 Å². The zero-order valence-electron chi connectivity index (χ0n) is 14.0. The molecule has 5 heteroatoms. The number of carbonyl (C=O) groups excluding carboxylic acids is 2. The van der Waals surface area contributed by atoms with Crippen molar-refractivity contribution in [1.29, 1.82) is 0 Å². The summed E-state index contributed by atoms with van der Waals surface area (Å²) < 4.78 is 14.0. The number of benzene rings is 2. The van der Waals surface area contributed by atoms with Crippen LogP contribution in [0.2, 0.25) is 0 Å². The molecule has 2 aromatic carbocycles. The Morgan fingerprint density at radius 1 is 1.00 bits per heavy atom. The number of amides is 2. The Morgan fingerprint density at radius 3 is 2.32 bits per heavy atom. The Kier molecular flexibility index (Phi) is 3.79. The molecule has 1 atom stereocenters. The number of imide groups is 1. The highest BCUT2D eigenvalue weighted by atomic mass is 19.1. The normalized spacial score (nSPS) is 20.2. The van der Waals surface area contributed by atoms with Crippen LogP contribution < -0.4 is 9.80 Å². The summed E-state index contributed by atoms with van der Waals surface area (Å²) in [5.41, 5.74) is 1.81. The SMILES string of the molecule is CC1CCCN(c2ccc(F)cc2N2C(=O)c3ccccc3C2=O)C1. The lowest BCUT2D eigenvalue weighted by atomic mass is 9.99. The van der Waals surface area contributed by atoms with Gasteiger partial charge in [-0.3, -0.25) is 9.59 Å². The van der Waals surface area contributed by atoms with Crippen LogP contribution >= 0.6 is 0 Å². The van der Waals surface area contributed by atoms with Crippen molar-refractivity contribution in [2.75, 3.05) is 22.9 Å². The topological polar surface area (TPSA) is 40.6 Å². The van der Waals surface area contributed by atoms with Gasteiger partial charge < -0.3 is 4.90 Å². The van der Waals surface area contributed by atoms with Crippen LogP contribution in [-0.2, 0) is 0 Å². The van der Waals surface area contributed by atoms with Gasteiger partial charge in [-0.05, 0) is 43.0 Å². The van der Waals surface area contributed by atoms with Crippen LogP contribution in [0.3, 0.4) is 0 Å².